The molecule has 31 heavy (non-hydrogen) atoms. The minimum atomic E-state index is -4.59. The zero-order valence-electron chi connectivity index (χ0n) is 16.1. The maximum absolute atomic E-state index is 13.4. The van der Waals surface area contributed by atoms with E-state index in [0.717, 1.165) is 34.0 Å². The van der Waals surface area contributed by atoms with Crippen molar-refractivity contribution >= 4 is 11.3 Å². The standard InChI is InChI=1S/C21H14F3N5OS/c1-12-26-19(11-31-12)14-4-2-3-13(5-14)10-30-17-7-15(6-16(8-17)21(22,23)24)20-18(9-25)27-29-28-20/h2-8,11H,10H2,1H3,(H,27,28,29). The Morgan fingerprint density at radius 3 is 2.68 bits per heavy atom. The van der Waals surface area contributed by atoms with Gasteiger partial charge in [0, 0.05) is 16.5 Å². The van der Waals surface area contributed by atoms with Crippen molar-refractivity contribution in [3.63, 3.8) is 0 Å². The summed E-state index contributed by atoms with van der Waals surface area (Å²) >= 11 is 1.54. The van der Waals surface area contributed by atoms with E-state index in [1.54, 1.807) is 6.07 Å². The third kappa shape index (κ3) is 4.57. The van der Waals surface area contributed by atoms with Crippen LogP contribution in [0.3, 0.4) is 0 Å². The first-order valence-corrected chi connectivity index (χ1v) is 9.89. The molecule has 0 aliphatic carbocycles. The summed E-state index contributed by atoms with van der Waals surface area (Å²) in [6.45, 7) is 1.97. The number of rotatable bonds is 5. The van der Waals surface area contributed by atoms with Crippen LogP contribution in [-0.2, 0) is 12.8 Å². The quantitative estimate of drug-likeness (QED) is 0.450. The zero-order valence-corrected chi connectivity index (χ0v) is 16.9. The summed E-state index contributed by atoms with van der Waals surface area (Å²) in [7, 11) is 0. The molecule has 0 fully saturated rings. The first-order valence-electron chi connectivity index (χ1n) is 9.01. The molecule has 0 atom stereocenters. The van der Waals surface area contributed by atoms with Crippen LogP contribution < -0.4 is 4.74 Å². The molecule has 0 aliphatic rings. The van der Waals surface area contributed by atoms with Gasteiger partial charge in [-0.15, -0.1) is 16.4 Å². The third-order valence-electron chi connectivity index (χ3n) is 4.41. The van der Waals surface area contributed by atoms with E-state index < -0.39 is 11.7 Å². The molecule has 0 unspecified atom stereocenters. The number of nitrogens with one attached hydrogen (secondary N) is 1. The van der Waals surface area contributed by atoms with Crippen molar-refractivity contribution < 1.29 is 17.9 Å². The van der Waals surface area contributed by atoms with Gasteiger partial charge < -0.3 is 4.74 Å². The van der Waals surface area contributed by atoms with Crippen LogP contribution in [0.15, 0.2) is 47.8 Å². The third-order valence-corrected chi connectivity index (χ3v) is 5.18. The van der Waals surface area contributed by atoms with Gasteiger partial charge in [-0.2, -0.15) is 28.7 Å². The van der Waals surface area contributed by atoms with E-state index in [1.165, 1.54) is 17.4 Å². The van der Waals surface area contributed by atoms with Crippen molar-refractivity contribution in [3.8, 4) is 34.3 Å². The van der Waals surface area contributed by atoms with Gasteiger partial charge in [-0.1, -0.05) is 18.2 Å². The second kappa shape index (κ2) is 8.20. The summed E-state index contributed by atoms with van der Waals surface area (Å²) in [5, 5.41) is 21.7. The predicted molar refractivity (Wildman–Crippen MR) is 108 cm³/mol. The first kappa shape index (κ1) is 20.6. The lowest BCUT2D eigenvalue weighted by atomic mass is 10.1. The molecule has 0 spiro atoms. The highest BCUT2D eigenvalue weighted by Crippen LogP contribution is 2.36. The van der Waals surface area contributed by atoms with Gasteiger partial charge in [0.2, 0.25) is 0 Å². The minimum absolute atomic E-state index is 0.00613. The molecule has 156 valence electrons. The Labute approximate surface area is 179 Å². The molecular weight excluding hydrogens is 427 g/mol. The Bertz CT molecular complexity index is 1270. The minimum Gasteiger partial charge on any atom is -0.489 e. The topological polar surface area (TPSA) is 87.5 Å². The highest BCUT2D eigenvalue weighted by Gasteiger charge is 2.32. The highest BCUT2D eigenvalue weighted by atomic mass is 32.1. The number of thiazole rings is 1. The van der Waals surface area contributed by atoms with Crippen LogP contribution in [0.2, 0.25) is 0 Å². The van der Waals surface area contributed by atoms with E-state index in [2.05, 4.69) is 20.4 Å². The number of hydrogen-bond acceptors (Lipinski definition) is 6. The predicted octanol–water partition coefficient (Wildman–Crippen LogP) is 5.37. The van der Waals surface area contributed by atoms with E-state index in [0.29, 0.717) is 0 Å². The lowest BCUT2D eigenvalue weighted by Crippen LogP contribution is -2.06. The normalized spacial score (nSPS) is 11.3. The van der Waals surface area contributed by atoms with Gasteiger partial charge in [-0.05, 0) is 36.8 Å². The van der Waals surface area contributed by atoms with Crippen LogP contribution in [0.1, 0.15) is 21.8 Å². The highest BCUT2D eigenvalue weighted by molar-refractivity contribution is 7.09. The van der Waals surface area contributed by atoms with E-state index >= 15 is 0 Å². The van der Waals surface area contributed by atoms with E-state index in [-0.39, 0.29) is 29.3 Å². The molecular formula is C21H14F3N5OS. The molecule has 2 aromatic heterocycles. The molecule has 0 aliphatic heterocycles. The van der Waals surface area contributed by atoms with Crippen molar-refractivity contribution in [2.45, 2.75) is 19.7 Å². The Hall–Kier alpha value is -3.71. The number of H-pyrrole nitrogens is 1. The number of benzene rings is 2. The maximum atomic E-state index is 13.4. The van der Waals surface area contributed by atoms with Gasteiger partial charge in [0.1, 0.15) is 24.1 Å². The summed E-state index contributed by atoms with van der Waals surface area (Å²) in [5.74, 6) is 0.00613. The van der Waals surface area contributed by atoms with Crippen LogP contribution in [0.5, 0.6) is 5.75 Å². The van der Waals surface area contributed by atoms with E-state index in [4.69, 9.17) is 10.00 Å². The molecule has 0 radical (unpaired) electrons. The summed E-state index contributed by atoms with van der Waals surface area (Å²) in [5.41, 5.74) is 1.62. The fraction of sp³-hybridized carbons (Fsp3) is 0.143. The Kier molecular flexibility index (Phi) is 5.44. The number of halogens is 3. The monoisotopic (exact) mass is 441 g/mol. The summed E-state index contributed by atoms with van der Waals surface area (Å²) in [4.78, 5) is 4.45. The smallest absolute Gasteiger partial charge is 0.416 e. The Morgan fingerprint density at radius 2 is 1.97 bits per heavy atom. The SMILES string of the molecule is Cc1nc(-c2cccc(COc3cc(-c4n[nH]nc4C#N)cc(C(F)(F)F)c3)c2)cs1. The largest absolute Gasteiger partial charge is 0.489 e. The van der Waals surface area contributed by atoms with Crippen molar-refractivity contribution in [1.29, 1.82) is 5.26 Å². The van der Waals surface area contributed by atoms with Crippen molar-refractivity contribution in [1.82, 2.24) is 20.4 Å². The van der Waals surface area contributed by atoms with Gasteiger partial charge in [0.15, 0.2) is 5.69 Å². The average Bonchev–Trinajstić information content (AvgIpc) is 3.40. The molecule has 4 aromatic rings. The Balaban J connectivity index is 1.63. The molecule has 0 saturated heterocycles. The van der Waals surface area contributed by atoms with Crippen LogP contribution in [0, 0.1) is 18.3 Å². The number of aromatic nitrogens is 4. The van der Waals surface area contributed by atoms with Crippen molar-refractivity contribution in [2.75, 3.05) is 0 Å². The van der Waals surface area contributed by atoms with E-state index in [9.17, 15) is 13.2 Å². The number of alkyl halides is 3. The second-order valence-corrected chi connectivity index (χ2v) is 7.68. The fourth-order valence-electron chi connectivity index (χ4n) is 2.98. The fourth-order valence-corrected chi connectivity index (χ4v) is 3.60. The molecule has 2 heterocycles. The summed E-state index contributed by atoms with van der Waals surface area (Å²) in [6.07, 6.45) is -4.59. The number of nitrogens with zero attached hydrogens (tertiary/aromatic N) is 4. The molecule has 1 N–H and O–H groups in total. The van der Waals surface area contributed by atoms with Crippen LogP contribution in [0.4, 0.5) is 13.2 Å². The first-order chi connectivity index (χ1) is 14.8. The number of hydrogen-bond donors (Lipinski definition) is 1. The lowest BCUT2D eigenvalue weighted by Gasteiger charge is -2.13. The number of ether oxygens (including phenoxy) is 1. The molecule has 6 nitrogen and oxygen atoms in total. The van der Waals surface area contributed by atoms with Gasteiger partial charge >= 0.3 is 6.18 Å². The van der Waals surface area contributed by atoms with Gasteiger partial charge in [-0.25, -0.2) is 4.98 Å². The van der Waals surface area contributed by atoms with E-state index in [1.807, 2.05) is 36.6 Å². The second-order valence-electron chi connectivity index (χ2n) is 6.62. The van der Waals surface area contributed by atoms with Gasteiger partial charge in [0.05, 0.1) is 16.3 Å². The molecule has 0 saturated carbocycles. The summed E-state index contributed by atoms with van der Waals surface area (Å²) < 4.78 is 45.9. The zero-order chi connectivity index (χ0) is 22.0. The number of nitriles is 1. The molecule has 0 bridgehead atoms. The van der Waals surface area contributed by atoms with Gasteiger partial charge in [0.25, 0.3) is 0 Å². The van der Waals surface area contributed by atoms with Crippen LogP contribution in [0.25, 0.3) is 22.5 Å². The van der Waals surface area contributed by atoms with Crippen molar-refractivity contribution in [2.24, 2.45) is 0 Å². The Morgan fingerprint density at radius 1 is 1.13 bits per heavy atom. The van der Waals surface area contributed by atoms with Gasteiger partial charge in [-0.3, -0.25) is 0 Å². The maximum Gasteiger partial charge on any atom is 0.416 e. The van der Waals surface area contributed by atoms with Crippen LogP contribution >= 0.6 is 11.3 Å². The van der Waals surface area contributed by atoms with Crippen LogP contribution in [-0.4, -0.2) is 20.4 Å². The summed E-state index contributed by atoms with van der Waals surface area (Å²) in [6, 6.07) is 12.5. The molecule has 4 rings (SSSR count). The molecule has 10 heteroatoms. The molecule has 2 aromatic carbocycles. The number of aryl methyl sites for hydroxylation is 1. The average molecular weight is 441 g/mol. The number of aromatic amines is 1. The van der Waals surface area contributed by atoms with Crippen molar-refractivity contribution in [3.05, 3.63) is 69.7 Å². The lowest BCUT2D eigenvalue weighted by molar-refractivity contribution is -0.137. The molecule has 0 amide bonds.